The zero-order chi connectivity index (χ0) is 12.5. The quantitative estimate of drug-likeness (QED) is 0.745. The van der Waals surface area contributed by atoms with E-state index in [4.69, 9.17) is 11.6 Å². The summed E-state index contributed by atoms with van der Waals surface area (Å²) in [6.07, 6.45) is 1.79. The predicted molar refractivity (Wildman–Crippen MR) is 73.3 cm³/mol. The minimum Gasteiger partial charge on any atom is -0.293 e. The summed E-state index contributed by atoms with van der Waals surface area (Å²) in [5.74, 6) is 0.110. The Morgan fingerprint density at radius 3 is 2.56 bits per heavy atom. The van der Waals surface area contributed by atoms with Crippen LogP contribution in [0.3, 0.4) is 0 Å². The highest BCUT2D eigenvalue weighted by Gasteiger charge is 2.29. The van der Waals surface area contributed by atoms with E-state index >= 15 is 0 Å². The third kappa shape index (κ3) is 1.85. The summed E-state index contributed by atoms with van der Waals surface area (Å²) in [5.41, 5.74) is 2.97. The van der Waals surface area contributed by atoms with Gasteiger partial charge in [-0.15, -0.1) is 0 Å². The number of Topliss-reactive ketones (excluding diaryl/α,β-unsaturated/α-hetero) is 1. The number of aryl methyl sites for hydroxylation is 1. The molecule has 1 aliphatic rings. The molecule has 0 amide bonds. The Bertz CT molecular complexity index is 604. The topological polar surface area (TPSA) is 17.1 Å². The number of benzene rings is 2. The third-order valence-electron chi connectivity index (χ3n) is 3.58. The van der Waals surface area contributed by atoms with Crippen LogP contribution in [-0.2, 0) is 6.42 Å². The van der Waals surface area contributed by atoms with E-state index in [2.05, 4.69) is 0 Å². The molecule has 0 radical (unpaired) electrons. The first kappa shape index (κ1) is 11.5. The Labute approximate surface area is 111 Å². The Hall–Kier alpha value is -1.60. The summed E-state index contributed by atoms with van der Waals surface area (Å²) in [5, 5.41) is 0.690. The van der Waals surface area contributed by atoms with Crippen LogP contribution in [-0.4, -0.2) is 5.78 Å². The summed E-state index contributed by atoms with van der Waals surface area (Å²) >= 11 is 6.20. The van der Waals surface area contributed by atoms with Crippen LogP contribution in [0.2, 0.25) is 5.02 Å². The molecule has 0 fully saturated rings. The van der Waals surface area contributed by atoms with Gasteiger partial charge in [0.25, 0.3) is 0 Å². The molecule has 0 spiro atoms. The molecular formula is C16H13ClO. The SMILES string of the molecule is O=C1c2ccccc2CC[C@H]1c1ccccc1Cl. The van der Waals surface area contributed by atoms with Gasteiger partial charge in [0.15, 0.2) is 5.78 Å². The summed E-state index contributed by atoms with van der Waals surface area (Å²) in [6.45, 7) is 0. The lowest BCUT2D eigenvalue weighted by Crippen LogP contribution is -2.21. The fourth-order valence-electron chi connectivity index (χ4n) is 2.65. The van der Waals surface area contributed by atoms with Gasteiger partial charge >= 0.3 is 0 Å². The molecule has 0 unspecified atom stereocenters. The van der Waals surface area contributed by atoms with Crippen LogP contribution in [0, 0.1) is 0 Å². The summed E-state index contributed by atoms with van der Waals surface area (Å²) in [7, 11) is 0. The first-order chi connectivity index (χ1) is 8.77. The highest BCUT2D eigenvalue weighted by molar-refractivity contribution is 6.31. The normalized spacial score (nSPS) is 18.5. The standard InChI is InChI=1S/C16H13ClO/c17-15-8-4-3-7-13(15)14-10-9-11-5-1-2-6-12(11)16(14)18/h1-8,14H,9-10H2/t14-/m0/s1. The molecule has 1 atom stereocenters. The van der Waals surface area contributed by atoms with Gasteiger partial charge in [-0.3, -0.25) is 4.79 Å². The molecule has 1 nitrogen and oxygen atoms in total. The maximum atomic E-state index is 12.5. The van der Waals surface area contributed by atoms with Crippen molar-refractivity contribution >= 4 is 17.4 Å². The lowest BCUT2D eigenvalue weighted by atomic mass is 9.79. The minimum absolute atomic E-state index is 0.0893. The van der Waals surface area contributed by atoms with Crippen LogP contribution >= 0.6 is 11.6 Å². The van der Waals surface area contributed by atoms with Crippen molar-refractivity contribution < 1.29 is 4.79 Å². The van der Waals surface area contributed by atoms with Crippen molar-refractivity contribution in [3.8, 4) is 0 Å². The second kappa shape index (κ2) is 4.58. The van der Waals surface area contributed by atoms with E-state index in [1.165, 1.54) is 0 Å². The number of rotatable bonds is 1. The number of carbonyl (C=O) groups excluding carboxylic acids is 1. The number of fused-ring (bicyclic) bond motifs is 1. The van der Waals surface area contributed by atoms with E-state index in [0.29, 0.717) is 5.02 Å². The molecular weight excluding hydrogens is 244 g/mol. The lowest BCUT2D eigenvalue weighted by molar-refractivity contribution is 0.0946. The minimum atomic E-state index is -0.0893. The fraction of sp³-hybridized carbons (Fsp3) is 0.188. The molecule has 0 saturated carbocycles. The predicted octanol–water partition coefficient (Wildman–Crippen LogP) is 4.25. The van der Waals surface area contributed by atoms with Crippen molar-refractivity contribution in [2.75, 3.05) is 0 Å². The third-order valence-corrected chi connectivity index (χ3v) is 3.93. The number of hydrogen-bond donors (Lipinski definition) is 0. The van der Waals surface area contributed by atoms with E-state index < -0.39 is 0 Å². The molecule has 0 bridgehead atoms. The Morgan fingerprint density at radius 1 is 1.00 bits per heavy atom. The molecule has 90 valence electrons. The van der Waals surface area contributed by atoms with Gasteiger partial charge in [-0.1, -0.05) is 54.1 Å². The van der Waals surface area contributed by atoms with Crippen molar-refractivity contribution in [2.24, 2.45) is 0 Å². The van der Waals surface area contributed by atoms with E-state index in [0.717, 1.165) is 29.5 Å². The summed E-state index contributed by atoms with van der Waals surface area (Å²) in [6, 6.07) is 15.5. The molecule has 0 aromatic heterocycles. The highest BCUT2D eigenvalue weighted by Crippen LogP contribution is 2.35. The lowest BCUT2D eigenvalue weighted by Gasteiger charge is -2.24. The first-order valence-corrected chi connectivity index (χ1v) is 6.51. The van der Waals surface area contributed by atoms with Gasteiger partial charge in [-0.2, -0.15) is 0 Å². The Kier molecular flexibility index (Phi) is 2.92. The molecule has 0 aliphatic heterocycles. The number of hydrogen-bond acceptors (Lipinski definition) is 1. The van der Waals surface area contributed by atoms with Gasteiger partial charge in [0.2, 0.25) is 0 Å². The summed E-state index contributed by atoms with van der Waals surface area (Å²) < 4.78 is 0. The van der Waals surface area contributed by atoms with Crippen LogP contribution in [0.25, 0.3) is 0 Å². The van der Waals surface area contributed by atoms with Gasteiger partial charge < -0.3 is 0 Å². The van der Waals surface area contributed by atoms with Crippen molar-refractivity contribution in [2.45, 2.75) is 18.8 Å². The van der Waals surface area contributed by atoms with Crippen molar-refractivity contribution in [1.82, 2.24) is 0 Å². The van der Waals surface area contributed by atoms with E-state index in [-0.39, 0.29) is 11.7 Å². The molecule has 2 heteroatoms. The molecule has 0 N–H and O–H groups in total. The van der Waals surface area contributed by atoms with Crippen LogP contribution in [0.15, 0.2) is 48.5 Å². The summed E-state index contributed by atoms with van der Waals surface area (Å²) in [4.78, 5) is 12.5. The van der Waals surface area contributed by atoms with Gasteiger partial charge in [0.1, 0.15) is 0 Å². The zero-order valence-electron chi connectivity index (χ0n) is 9.90. The second-order valence-corrected chi connectivity index (χ2v) is 5.04. The fourth-order valence-corrected chi connectivity index (χ4v) is 2.92. The second-order valence-electron chi connectivity index (χ2n) is 4.63. The first-order valence-electron chi connectivity index (χ1n) is 6.14. The highest BCUT2D eigenvalue weighted by atomic mass is 35.5. The number of halogens is 1. The maximum absolute atomic E-state index is 12.5. The van der Waals surface area contributed by atoms with Crippen molar-refractivity contribution in [3.05, 3.63) is 70.2 Å². The monoisotopic (exact) mass is 256 g/mol. The zero-order valence-corrected chi connectivity index (χ0v) is 10.7. The van der Waals surface area contributed by atoms with Crippen molar-refractivity contribution in [1.29, 1.82) is 0 Å². The van der Waals surface area contributed by atoms with Crippen LogP contribution in [0.5, 0.6) is 0 Å². The van der Waals surface area contributed by atoms with Gasteiger partial charge in [-0.05, 0) is 30.0 Å². The molecule has 3 rings (SSSR count). The average Bonchev–Trinajstić information content (AvgIpc) is 2.41. The molecule has 1 aliphatic carbocycles. The molecule has 0 heterocycles. The van der Waals surface area contributed by atoms with Gasteiger partial charge in [0, 0.05) is 16.5 Å². The van der Waals surface area contributed by atoms with Crippen molar-refractivity contribution in [3.63, 3.8) is 0 Å². The largest absolute Gasteiger partial charge is 0.293 e. The van der Waals surface area contributed by atoms with Crippen LogP contribution in [0.1, 0.15) is 33.8 Å². The van der Waals surface area contributed by atoms with Crippen LogP contribution < -0.4 is 0 Å². The van der Waals surface area contributed by atoms with E-state index in [9.17, 15) is 4.79 Å². The Balaban J connectivity index is 2.03. The molecule has 18 heavy (non-hydrogen) atoms. The van der Waals surface area contributed by atoms with E-state index in [1.807, 2.05) is 48.5 Å². The number of ketones is 1. The Morgan fingerprint density at radius 2 is 1.72 bits per heavy atom. The van der Waals surface area contributed by atoms with Gasteiger partial charge in [0.05, 0.1) is 0 Å². The van der Waals surface area contributed by atoms with E-state index in [1.54, 1.807) is 0 Å². The van der Waals surface area contributed by atoms with Crippen LogP contribution in [0.4, 0.5) is 0 Å². The molecule has 2 aromatic carbocycles. The van der Waals surface area contributed by atoms with Gasteiger partial charge in [-0.25, -0.2) is 0 Å². The average molecular weight is 257 g/mol. The maximum Gasteiger partial charge on any atom is 0.170 e. The molecule has 0 saturated heterocycles. The number of carbonyl (C=O) groups is 1. The smallest absolute Gasteiger partial charge is 0.170 e. The molecule has 2 aromatic rings.